The van der Waals surface area contributed by atoms with E-state index >= 15 is 0 Å². The summed E-state index contributed by atoms with van der Waals surface area (Å²) in [5.74, 6) is 0. The van der Waals surface area contributed by atoms with Crippen LogP contribution in [-0.4, -0.2) is 27.4 Å². The fourth-order valence-electron chi connectivity index (χ4n) is 1.33. The van der Waals surface area contributed by atoms with Gasteiger partial charge < -0.3 is 10.4 Å². The van der Waals surface area contributed by atoms with Gasteiger partial charge in [-0.3, -0.25) is 4.79 Å². The molecule has 0 bridgehead atoms. The van der Waals surface area contributed by atoms with Crippen LogP contribution in [0, 0.1) is 0 Å². The van der Waals surface area contributed by atoms with Crippen molar-refractivity contribution >= 4 is 17.3 Å². The lowest BCUT2D eigenvalue weighted by Gasteiger charge is -2.33. The summed E-state index contributed by atoms with van der Waals surface area (Å²) in [5.41, 5.74) is 0.0460. The molecule has 1 aromatic heterocycles. The Kier molecular flexibility index (Phi) is 2.43. The van der Waals surface area contributed by atoms with E-state index in [1.54, 1.807) is 0 Å². The Bertz CT molecular complexity index is 392. The summed E-state index contributed by atoms with van der Waals surface area (Å²) in [4.78, 5) is 11.1. The third kappa shape index (κ3) is 1.60. The van der Waals surface area contributed by atoms with Crippen molar-refractivity contribution in [2.45, 2.75) is 25.0 Å². The fraction of sp³-hybridized carbons (Fsp3) is 0.500. The second-order valence-corrected chi connectivity index (χ2v) is 3.70. The largest absolute Gasteiger partial charge is 0.391 e. The van der Waals surface area contributed by atoms with E-state index < -0.39 is 5.56 Å². The van der Waals surface area contributed by atoms with E-state index in [1.165, 1.54) is 6.20 Å². The van der Waals surface area contributed by atoms with Crippen LogP contribution in [0.4, 0.5) is 5.69 Å². The lowest BCUT2D eigenvalue weighted by Crippen LogP contribution is -2.43. The van der Waals surface area contributed by atoms with E-state index in [-0.39, 0.29) is 17.2 Å². The van der Waals surface area contributed by atoms with Gasteiger partial charge in [0.05, 0.1) is 24.0 Å². The van der Waals surface area contributed by atoms with Gasteiger partial charge in [0.2, 0.25) is 0 Å². The van der Waals surface area contributed by atoms with E-state index in [0.29, 0.717) is 5.69 Å². The van der Waals surface area contributed by atoms with Gasteiger partial charge in [0.1, 0.15) is 5.02 Å². The van der Waals surface area contributed by atoms with Gasteiger partial charge in [-0.25, -0.2) is 5.10 Å². The topological polar surface area (TPSA) is 78.0 Å². The second-order valence-electron chi connectivity index (χ2n) is 3.32. The molecule has 6 heteroatoms. The molecular formula is C8H10ClN3O2. The number of H-pyrrole nitrogens is 1. The molecular weight excluding hydrogens is 206 g/mol. The molecule has 2 rings (SSSR count). The molecule has 0 radical (unpaired) electrons. The van der Waals surface area contributed by atoms with Crippen molar-refractivity contribution in [2.75, 3.05) is 5.32 Å². The summed E-state index contributed by atoms with van der Waals surface area (Å²) in [6, 6.07) is -0.0175. The van der Waals surface area contributed by atoms with Crippen molar-refractivity contribution in [3.8, 4) is 0 Å². The normalized spacial score (nSPS) is 25.6. The molecule has 1 heterocycles. The van der Waals surface area contributed by atoms with Gasteiger partial charge in [0, 0.05) is 0 Å². The van der Waals surface area contributed by atoms with Gasteiger partial charge in [-0.2, -0.15) is 5.10 Å². The first-order valence-electron chi connectivity index (χ1n) is 4.36. The minimum Gasteiger partial charge on any atom is -0.391 e. The third-order valence-corrected chi connectivity index (χ3v) is 2.75. The van der Waals surface area contributed by atoms with Crippen molar-refractivity contribution in [3.63, 3.8) is 0 Å². The average Bonchev–Trinajstić information content (AvgIpc) is 2.18. The molecule has 0 amide bonds. The van der Waals surface area contributed by atoms with Gasteiger partial charge in [-0.05, 0) is 12.8 Å². The molecule has 0 saturated heterocycles. The molecule has 14 heavy (non-hydrogen) atoms. The van der Waals surface area contributed by atoms with Crippen molar-refractivity contribution < 1.29 is 5.11 Å². The lowest BCUT2D eigenvalue weighted by molar-refractivity contribution is 0.0786. The number of nitrogens with one attached hydrogen (secondary N) is 2. The Morgan fingerprint density at radius 2 is 2.43 bits per heavy atom. The Balaban J connectivity index is 2.16. The number of aromatic nitrogens is 2. The third-order valence-electron chi connectivity index (χ3n) is 2.37. The zero-order chi connectivity index (χ0) is 10.1. The van der Waals surface area contributed by atoms with Crippen molar-refractivity contribution in [1.82, 2.24) is 10.2 Å². The second kappa shape index (κ2) is 3.59. The monoisotopic (exact) mass is 215 g/mol. The smallest absolute Gasteiger partial charge is 0.285 e. The summed E-state index contributed by atoms with van der Waals surface area (Å²) in [6.07, 6.45) is 2.75. The summed E-state index contributed by atoms with van der Waals surface area (Å²) >= 11 is 5.74. The lowest BCUT2D eigenvalue weighted by atomic mass is 9.89. The fourth-order valence-corrected chi connectivity index (χ4v) is 1.48. The van der Waals surface area contributed by atoms with Crippen molar-refractivity contribution in [1.29, 1.82) is 0 Å². The molecule has 5 nitrogen and oxygen atoms in total. The molecule has 1 saturated carbocycles. The summed E-state index contributed by atoms with van der Waals surface area (Å²) in [7, 11) is 0. The van der Waals surface area contributed by atoms with E-state index in [0.717, 1.165) is 12.8 Å². The number of halogens is 1. The van der Waals surface area contributed by atoms with Crippen molar-refractivity contribution in [3.05, 3.63) is 21.6 Å². The van der Waals surface area contributed by atoms with Crippen LogP contribution in [0.3, 0.4) is 0 Å². The zero-order valence-electron chi connectivity index (χ0n) is 7.33. The number of aliphatic hydroxyl groups is 1. The molecule has 0 aliphatic heterocycles. The van der Waals surface area contributed by atoms with Crippen LogP contribution in [0.25, 0.3) is 0 Å². The maximum Gasteiger partial charge on any atom is 0.285 e. The highest BCUT2D eigenvalue weighted by Gasteiger charge is 2.29. The number of rotatable bonds is 2. The molecule has 1 aliphatic carbocycles. The van der Waals surface area contributed by atoms with Gasteiger partial charge in [-0.1, -0.05) is 11.6 Å². The molecule has 0 aromatic carbocycles. The molecule has 1 aromatic rings. The van der Waals surface area contributed by atoms with E-state index in [2.05, 4.69) is 15.5 Å². The standard InChI is InChI=1S/C8H10ClN3O2/c9-7-5(3-10-12-8(7)14)11-4-1-2-6(4)13/h3-4,6,13H,1-2H2,(H2,11,12,14)/t4-,6-/m1/s1. The highest BCUT2D eigenvalue weighted by atomic mass is 35.5. The number of anilines is 1. The number of aliphatic hydroxyl groups excluding tert-OH is 1. The quantitative estimate of drug-likeness (QED) is 0.666. The highest BCUT2D eigenvalue weighted by Crippen LogP contribution is 2.25. The number of nitrogens with zero attached hydrogens (tertiary/aromatic N) is 1. The van der Waals surface area contributed by atoms with Crippen LogP contribution in [-0.2, 0) is 0 Å². The van der Waals surface area contributed by atoms with Crippen LogP contribution in [0.2, 0.25) is 5.02 Å². The zero-order valence-corrected chi connectivity index (χ0v) is 8.08. The highest BCUT2D eigenvalue weighted by molar-refractivity contribution is 6.32. The molecule has 0 spiro atoms. The molecule has 0 unspecified atom stereocenters. The first-order chi connectivity index (χ1) is 6.68. The minimum atomic E-state index is -0.425. The summed E-state index contributed by atoms with van der Waals surface area (Å²) < 4.78 is 0. The maximum absolute atomic E-state index is 11.1. The van der Waals surface area contributed by atoms with Gasteiger partial charge >= 0.3 is 0 Å². The number of hydrogen-bond donors (Lipinski definition) is 3. The Hall–Kier alpha value is -1.07. The van der Waals surface area contributed by atoms with Crippen LogP contribution >= 0.6 is 11.6 Å². The predicted octanol–water partition coefficient (Wildman–Crippen LogP) is 0.358. The Labute approximate surface area is 85.1 Å². The molecule has 1 aliphatic rings. The average molecular weight is 216 g/mol. The molecule has 1 fully saturated rings. The first kappa shape index (κ1) is 9.48. The van der Waals surface area contributed by atoms with Crippen LogP contribution in [0.5, 0.6) is 0 Å². The Morgan fingerprint density at radius 3 is 3.00 bits per heavy atom. The first-order valence-corrected chi connectivity index (χ1v) is 4.74. The van der Waals surface area contributed by atoms with Crippen LogP contribution in [0.1, 0.15) is 12.8 Å². The number of aromatic amines is 1. The molecule has 3 N–H and O–H groups in total. The molecule has 76 valence electrons. The van der Waals surface area contributed by atoms with Gasteiger partial charge in [0.25, 0.3) is 5.56 Å². The van der Waals surface area contributed by atoms with Crippen LogP contribution < -0.4 is 10.9 Å². The predicted molar refractivity (Wildman–Crippen MR) is 52.5 cm³/mol. The summed E-state index contributed by atoms with van der Waals surface area (Å²) in [6.45, 7) is 0. The van der Waals surface area contributed by atoms with E-state index in [4.69, 9.17) is 11.6 Å². The van der Waals surface area contributed by atoms with Crippen LogP contribution in [0.15, 0.2) is 11.0 Å². The Morgan fingerprint density at radius 1 is 1.64 bits per heavy atom. The number of hydrogen-bond acceptors (Lipinski definition) is 4. The maximum atomic E-state index is 11.1. The minimum absolute atomic E-state index is 0.0175. The van der Waals surface area contributed by atoms with Gasteiger partial charge in [0.15, 0.2) is 0 Å². The van der Waals surface area contributed by atoms with E-state index in [1.807, 2.05) is 0 Å². The van der Waals surface area contributed by atoms with E-state index in [9.17, 15) is 9.90 Å². The van der Waals surface area contributed by atoms with Crippen molar-refractivity contribution in [2.24, 2.45) is 0 Å². The summed E-state index contributed by atoms with van der Waals surface area (Å²) in [5, 5.41) is 18.2. The SMILES string of the molecule is O=c1[nH]ncc(N[C@@H]2CC[C@H]2O)c1Cl. The molecule has 2 atom stereocenters. The van der Waals surface area contributed by atoms with Gasteiger partial charge in [-0.15, -0.1) is 0 Å².